The maximum atomic E-state index is 12.8. The third-order valence-electron chi connectivity index (χ3n) is 5.13. The summed E-state index contributed by atoms with van der Waals surface area (Å²) in [6, 6.07) is 15.8. The Balaban J connectivity index is 1.58. The van der Waals surface area contributed by atoms with Crippen molar-refractivity contribution in [2.24, 2.45) is 11.8 Å². The van der Waals surface area contributed by atoms with Crippen molar-refractivity contribution < 1.29 is 9.59 Å². The number of aryl methyl sites for hydroxylation is 2. The number of hydrogen-bond acceptors (Lipinski definition) is 2. The average molecular weight is 350 g/mol. The van der Waals surface area contributed by atoms with E-state index in [4.69, 9.17) is 0 Å². The minimum atomic E-state index is -0.214. The second kappa shape index (κ2) is 7.73. The van der Waals surface area contributed by atoms with Gasteiger partial charge in [0.15, 0.2) is 0 Å². The highest BCUT2D eigenvalue weighted by Crippen LogP contribution is 2.41. The van der Waals surface area contributed by atoms with Gasteiger partial charge < -0.3 is 10.2 Å². The molecule has 0 radical (unpaired) electrons. The minimum absolute atomic E-state index is 0.0534. The standard InChI is InChI=1S/C22H26N2O2/c1-4-24(14-17-8-6-5-7-9-17)22(26)20-13-19(20)21(25)23-18-11-10-15(2)16(3)12-18/h5-12,19-20H,4,13-14H2,1-3H3,(H,23,25). The van der Waals surface area contributed by atoms with Gasteiger partial charge in [0, 0.05) is 18.8 Å². The molecule has 0 bridgehead atoms. The molecule has 26 heavy (non-hydrogen) atoms. The lowest BCUT2D eigenvalue weighted by atomic mass is 10.1. The number of nitrogens with one attached hydrogen (secondary N) is 1. The van der Waals surface area contributed by atoms with E-state index in [1.54, 1.807) is 0 Å². The molecule has 1 aliphatic carbocycles. The van der Waals surface area contributed by atoms with Crippen LogP contribution in [0.3, 0.4) is 0 Å². The van der Waals surface area contributed by atoms with Crippen LogP contribution in [0, 0.1) is 25.7 Å². The summed E-state index contributed by atoms with van der Waals surface area (Å²) >= 11 is 0. The van der Waals surface area contributed by atoms with Gasteiger partial charge in [-0.25, -0.2) is 0 Å². The molecule has 0 aromatic heterocycles. The zero-order valence-electron chi connectivity index (χ0n) is 15.7. The molecular weight excluding hydrogens is 324 g/mol. The van der Waals surface area contributed by atoms with E-state index in [0.29, 0.717) is 19.5 Å². The zero-order chi connectivity index (χ0) is 18.7. The summed E-state index contributed by atoms with van der Waals surface area (Å²) in [5, 5.41) is 2.95. The topological polar surface area (TPSA) is 49.4 Å². The molecule has 1 fully saturated rings. The summed E-state index contributed by atoms with van der Waals surface area (Å²) < 4.78 is 0. The molecule has 4 nitrogen and oxygen atoms in total. The molecule has 4 heteroatoms. The molecule has 1 N–H and O–H groups in total. The Morgan fingerprint density at radius 2 is 1.77 bits per heavy atom. The van der Waals surface area contributed by atoms with Crippen molar-refractivity contribution >= 4 is 17.5 Å². The van der Waals surface area contributed by atoms with Crippen molar-refractivity contribution in [1.82, 2.24) is 4.90 Å². The largest absolute Gasteiger partial charge is 0.338 e. The number of carbonyl (C=O) groups excluding carboxylic acids is 2. The van der Waals surface area contributed by atoms with Crippen molar-refractivity contribution in [1.29, 1.82) is 0 Å². The molecule has 136 valence electrons. The van der Waals surface area contributed by atoms with Gasteiger partial charge in [0.1, 0.15) is 0 Å². The van der Waals surface area contributed by atoms with Crippen LogP contribution < -0.4 is 5.32 Å². The third kappa shape index (κ3) is 4.13. The molecule has 2 amide bonds. The molecule has 0 saturated heterocycles. The van der Waals surface area contributed by atoms with Crippen LogP contribution in [-0.4, -0.2) is 23.3 Å². The Labute approximate surface area is 155 Å². The van der Waals surface area contributed by atoms with Crippen LogP contribution in [0.25, 0.3) is 0 Å². The number of hydrogen-bond donors (Lipinski definition) is 1. The molecule has 0 spiro atoms. The molecule has 3 rings (SSSR count). The summed E-state index contributed by atoms with van der Waals surface area (Å²) in [6.07, 6.45) is 0.640. The predicted octanol–water partition coefficient (Wildman–Crippen LogP) is 3.93. The van der Waals surface area contributed by atoms with Crippen molar-refractivity contribution in [3.63, 3.8) is 0 Å². The summed E-state index contributed by atoms with van der Waals surface area (Å²) in [5.41, 5.74) is 4.25. The maximum absolute atomic E-state index is 12.8. The van der Waals surface area contributed by atoms with Gasteiger partial charge in [-0.2, -0.15) is 0 Å². The van der Waals surface area contributed by atoms with Gasteiger partial charge in [0.05, 0.1) is 11.8 Å². The first-order valence-corrected chi connectivity index (χ1v) is 9.20. The molecule has 2 atom stereocenters. The summed E-state index contributed by atoms with van der Waals surface area (Å²) in [4.78, 5) is 27.1. The first-order chi connectivity index (χ1) is 12.5. The highest BCUT2D eigenvalue weighted by Gasteiger charge is 2.49. The van der Waals surface area contributed by atoms with Crippen LogP contribution in [0.4, 0.5) is 5.69 Å². The lowest BCUT2D eigenvalue weighted by Gasteiger charge is -2.21. The average Bonchev–Trinajstić information content (AvgIpc) is 3.44. The van der Waals surface area contributed by atoms with E-state index in [1.807, 2.05) is 74.2 Å². The number of carbonyl (C=O) groups is 2. The smallest absolute Gasteiger partial charge is 0.228 e. The molecule has 2 aromatic carbocycles. The normalized spacial score (nSPS) is 18.3. The van der Waals surface area contributed by atoms with Gasteiger partial charge in [-0.3, -0.25) is 9.59 Å². The lowest BCUT2D eigenvalue weighted by Crippen LogP contribution is -2.33. The van der Waals surface area contributed by atoms with Crippen LogP contribution >= 0.6 is 0 Å². The van der Waals surface area contributed by atoms with E-state index in [-0.39, 0.29) is 23.7 Å². The highest BCUT2D eigenvalue weighted by atomic mass is 16.2. The number of benzene rings is 2. The van der Waals surface area contributed by atoms with Crippen molar-refractivity contribution in [2.45, 2.75) is 33.7 Å². The second-order valence-electron chi connectivity index (χ2n) is 7.07. The molecule has 1 aliphatic rings. The molecule has 2 aromatic rings. The first-order valence-electron chi connectivity index (χ1n) is 9.20. The van der Waals surface area contributed by atoms with Crippen LogP contribution in [-0.2, 0) is 16.1 Å². The molecular formula is C22H26N2O2. The maximum Gasteiger partial charge on any atom is 0.228 e. The first kappa shape index (κ1) is 18.2. The van der Waals surface area contributed by atoms with E-state index in [0.717, 1.165) is 16.8 Å². The van der Waals surface area contributed by atoms with Gasteiger partial charge in [-0.15, -0.1) is 0 Å². The van der Waals surface area contributed by atoms with Gasteiger partial charge in [0.2, 0.25) is 11.8 Å². The van der Waals surface area contributed by atoms with Gasteiger partial charge in [-0.1, -0.05) is 36.4 Å². The van der Waals surface area contributed by atoms with Gasteiger partial charge >= 0.3 is 0 Å². The quantitative estimate of drug-likeness (QED) is 0.858. The Morgan fingerprint density at radius 1 is 1.04 bits per heavy atom. The monoisotopic (exact) mass is 350 g/mol. The third-order valence-corrected chi connectivity index (χ3v) is 5.13. The van der Waals surface area contributed by atoms with E-state index in [1.165, 1.54) is 5.56 Å². The van der Waals surface area contributed by atoms with E-state index >= 15 is 0 Å². The Kier molecular flexibility index (Phi) is 5.40. The highest BCUT2D eigenvalue weighted by molar-refractivity contribution is 5.99. The lowest BCUT2D eigenvalue weighted by molar-refractivity contribution is -0.134. The zero-order valence-corrected chi connectivity index (χ0v) is 15.7. The Morgan fingerprint density at radius 3 is 2.42 bits per heavy atom. The van der Waals surface area contributed by atoms with Gasteiger partial charge in [-0.05, 0) is 56.0 Å². The van der Waals surface area contributed by atoms with E-state index < -0.39 is 0 Å². The molecule has 0 aliphatic heterocycles. The van der Waals surface area contributed by atoms with Crippen molar-refractivity contribution in [2.75, 3.05) is 11.9 Å². The fourth-order valence-corrected chi connectivity index (χ4v) is 3.20. The van der Waals surface area contributed by atoms with Gasteiger partial charge in [0.25, 0.3) is 0 Å². The fourth-order valence-electron chi connectivity index (χ4n) is 3.20. The number of anilines is 1. The number of amides is 2. The van der Waals surface area contributed by atoms with Crippen LogP contribution in [0.2, 0.25) is 0 Å². The minimum Gasteiger partial charge on any atom is -0.338 e. The fraction of sp³-hybridized carbons (Fsp3) is 0.364. The number of nitrogens with zero attached hydrogens (tertiary/aromatic N) is 1. The Hall–Kier alpha value is -2.62. The van der Waals surface area contributed by atoms with Crippen LogP contribution in [0.15, 0.2) is 48.5 Å². The van der Waals surface area contributed by atoms with Crippen LogP contribution in [0.1, 0.15) is 30.0 Å². The molecule has 1 saturated carbocycles. The predicted molar refractivity (Wildman–Crippen MR) is 104 cm³/mol. The molecule has 0 heterocycles. The second-order valence-corrected chi connectivity index (χ2v) is 7.07. The molecule has 2 unspecified atom stereocenters. The van der Waals surface area contributed by atoms with E-state index in [9.17, 15) is 9.59 Å². The SMILES string of the molecule is CCN(Cc1ccccc1)C(=O)C1CC1C(=O)Nc1ccc(C)c(C)c1. The van der Waals surface area contributed by atoms with E-state index in [2.05, 4.69) is 5.32 Å². The summed E-state index contributed by atoms with van der Waals surface area (Å²) in [5.74, 6) is -0.377. The van der Waals surface area contributed by atoms with Crippen LogP contribution in [0.5, 0.6) is 0 Å². The summed E-state index contributed by atoms with van der Waals surface area (Å²) in [7, 11) is 0. The summed E-state index contributed by atoms with van der Waals surface area (Å²) in [6.45, 7) is 7.29. The van der Waals surface area contributed by atoms with Crippen molar-refractivity contribution in [3.8, 4) is 0 Å². The number of rotatable bonds is 6. The van der Waals surface area contributed by atoms with Crippen molar-refractivity contribution in [3.05, 3.63) is 65.2 Å². The Bertz CT molecular complexity index is 801.